The normalized spacial score (nSPS) is 11.5. The minimum atomic E-state index is 1.22. The van der Waals surface area contributed by atoms with Crippen LogP contribution in [0.4, 0.5) is 0 Å². The van der Waals surface area contributed by atoms with Gasteiger partial charge in [-0.3, -0.25) is 0 Å². The molecular formula is C28H44. The summed E-state index contributed by atoms with van der Waals surface area (Å²) in [5, 5.41) is 3.26. The number of rotatable bonds is 12. The summed E-state index contributed by atoms with van der Waals surface area (Å²) in [4.78, 5) is 0. The fraction of sp³-hybridized carbons (Fsp3) is 0.643. The minimum Gasteiger partial charge on any atom is -0.0651 e. The van der Waals surface area contributed by atoms with Crippen molar-refractivity contribution in [3.63, 3.8) is 0 Å². The van der Waals surface area contributed by atoms with Gasteiger partial charge in [-0.1, -0.05) is 92.2 Å². The largest absolute Gasteiger partial charge is 0.0651 e. The predicted octanol–water partition coefficient (Wildman–Crippen LogP) is 8.55. The van der Waals surface area contributed by atoms with Crippen molar-refractivity contribution in [2.75, 3.05) is 0 Å². The van der Waals surface area contributed by atoms with Crippen LogP contribution in [-0.4, -0.2) is 0 Å². The Hall–Kier alpha value is -1.30. The van der Waals surface area contributed by atoms with E-state index >= 15 is 0 Å². The molecule has 0 nitrogen and oxygen atoms in total. The Labute approximate surface area is 175 Å². The first-order valence-electron chi connectivity index (χ1n) is 12.3. The molecule has 156 valence electrons. The second-order valence-corrected chi connectivity index (χ2v) is 8.54. The van der Waals surface area contributed by atoms with Gasteiger partial charge in [0.15, 0.2) is 0 Å². The van der Waals surface area contributed by atoms with Crippen molar-refractivity contribution >= 4 is 10.8 Å². The van der Waals surface area contributed by atoms with E-state index in [4.69, 9.17) is 0 Å². The van der Waals surface area contributed by atoms with E-state index in [1.165, 1.54) is 77.0 Å². The summed E-state index contributed by atoms with van der Waals surface area (Å²) < 4.78 is 0. The summed E-state index contributed by atoms with van der Waals surface area (Å²) in [5.41, 5.74) is 10.1. The molecule has 0 aliphatic rings. The average molecular weight is 381 g/mol. The molecule has 2 aromatic carbocycles. The highest BCUT2D eigenvalue weighted by Crippen LogP contribution is 2.38. The zero-order valence-corrected chi connectivity index (χ0v) is 19.6. The van der Waals surface area contributed by atoms with Crippen LogP contribution in [0.5, 0.6) is 0 Å². The zero-order chi connectivity index (χ0) is 20.5. The van der Waals surface area contributed by atoms with Crippen molar-refractivity contribution < 1.29 is 0 Å². The van der Waals surface area contributed by atoms with Crippen LogP contribution in [-0.2, 0) is 38.5 Å². The smallest absolute Gasteiger partial charge is 0.0111 e. The topological polar surface area (TPSA) is 0 Å². The van der Waals surface area contributed by atoms with Gasteiger partial charge in [0.1, 0.15) is 0 Å². The number of fused-ring (bicyclic) bond motifs is 1. The SMILES string of the molecule is CCCc1ccc2c(CCC)c(CCC)c(CCC)c(CCC)c2c1CCC. The van der Waals surface area contributed by atoms with Gasteiger partial charge in [0.25, 0.3) is 0 Å². The number of aryl methyl sites for hydroxylation is 4. The van der Waals surface area contributed by atoms with Gasteiger partial charge in [0.05, 0.1) is 0 Å². The Bertz CT molecular complexity index is 747. The standard InChI is InChI=1S/C28H44/c1-7-13-21-19-20-27-25(17-11-5)23(15-9-3)24(16-10-4)26(18-12-6)28(27)22(21)14-8-2/h19-20H,7-18H2,1-6H3. The van der Waals surface area contributed by atoms with E-state index in [2.05, 4.69) is 53.7 Å². The molecule has 0 radical (unpaired) electrons. The maximum atomic E-state index is 2.50. The molecule has 0 heterocycles. The van der Waals surface area contributed by atoms with Crippen molar-refractivity contribution in [3.05, 3.63) is 45.5 Å². The molecule has 0 saturated heterocycles. The highest BCUT2D eigenvalue weighted by molar-refractivity contribution is 5.95. The van der Waals surface area contributed by atoms with Crippen LogP contribution in [0.15, 0.2) is 12.1 Å². The molecule has 0 aliphatic heterocycles. The molecule has 0 bridgehead atoms. The predicted molar refractivity (Wildman–Crippen MR) is 128 cm³/mol. The molecule has 0 atom stereocenters. The third-order valence-corrected chi connectivity index (χ3v) is 6.15. The first-order chi connectivity index (χ1) is 13.7. The molecule has 2 rings (SSSR count). The van der Waals surface area contributed by atoms with Crippen LogP contribution in [0.25, 0.3) is 10.8 Å². The van der Waals surface area contributed by atoms with Gasteiger partial charge in [-0.15, -0.1) is 0 Å². The molecular weight excluding hydrogens is 336 g/mol. The van der Waals surface area contributed by atoms with Gasteiger partial charge >= 0.3 is 0 Å². The Balaban J connectivity index is 3.00. The molecule has 0 unspecified atom stereocenters. The van der Waals surface area contributed by atoms with E-state index in [9.17, 15) is 0 Å². The van der Waals surface area contributed by atoms with Gasteiger partial charge in [0, 0.05) is 0 Å². The Kier molecular flexibility index (Phi) is 9.56. The third kappa shape index (κ3) is 4.81. The second kappa shape index (κ2) is 11.6. The van der Waals surface area contributed by atoms with Crippen LogP contribution in [0.1, 0.15) is 113 Å². The molecule has 0 spiro atoms. The van der Waals surface area contributed by atoms with Crippen LogP contribution in [0.3, 0.4) is 0 Å². The number of benzene rings is 2. The van der Waals surface area contributed by atoms with E-state index < -0.39 is 0 Å². The van der Waals surface area contributed by atoms with E-state index in [0.717, 1.165) is 0 Å². The zero-order valence-electron chi connectivity index (χ0n) is 19.6. The van der Waals surface area contributed by atoms with Gasteiger partial charge in [0.2, 0.25) is 0 Å². The van der Waals surface area contributed by atoms with E-state index in [0.29, 0.717) is 0 Å². The van der Waals surface area contributed by atoms with Crippen LogP contribution < -0.4 is 0 Å². The lowest BCUT2D eigenvalue weighted by molar-refractivity contribution is 0.807. The molecule has 0 saturated carbocycles. The first-order valence-corrected chi connectivity index (χ1v) is 12.3. The third-order valence-electron chi connectivity index (χ3n) is 6.15. The molecule has 0 aromatic heterocycles. The van der Waals surface area contributed by atoms with Gasteiger partial charge in [-0.05, 0) is 82.7 Å². The molecule has 0 fully saturated rings. The summed E-state index contributed by atoms with van der Waals surface area (Å²) in [6.07, 6.45) is 14.9. The number of hydrogen-bond donors (Lipinski definition) is 0. The molecule has 0 heteroatoms. The summed E-state index contributed by atoms with van der Waals surface area (Å²) >= 11 is 0. The monoisotopic (exact) mass is 380 g/mol. The molecule has 0 aliphatic carbocycles. The van der Waals surface area contributed by atoms with E-state index in [-0.39, 0.29) is 0 Å². The first kappa shape index (κ1) is 23.0. The fourth-order valence-electron chi connectivity index (χ4n) is 5.17. The second-order valence-electron chi connectivity index (χ2n) is 8.54. The average Bonchev–Trinajstić information content (AvgIpc) is 2.69. The quantitative estimate of drug-likeness (QED) is 0.346. The van der Waals surface area contributed by atoms with Crippen molar-refractivity contribution in [3.8, 4) is 0 Å². The lowest BCUT2D eigenvalue weighted by Gasteiger charge is -2.25. The van der Waals surface area contributed by atoms with E-state index in [1.807, 2.05) is 0 Å². The molecule has 0 amide bonds. The van der Waals surface area contributed by atoms with Crippen molar-refractivity contribution in [2.24, 2.45) is 0 Å². The van der Waals surface area contributed by atoms with Crippen LogP contribution in [0, 0.1) is 0 Å². The van der Waals surface area contributed by atoms with Gasteiger partial charge < -0.3 is 0 Å². The van der Waals surface area contributed by atoms with Gasteiger partial charge in [-0.25, -0.2) is 0 Å². The summed E-state index contributed by atoms with van der Waals surface area (Å²) in [6, 6.07) is 4.97. The Morgan fingerprint density at radius 3 is 1.39 bits per heavy atom. The minimum absolute atomic E-state index is 1.22. The Morgan fingerprint density at radius 2 is 0.857 bits per heavy atom. The maximum Gasteiger partial charge on any atom is -0.0111 e. The highest BCUT2D eigenvalue weighted by atomic mass is 14.2. The van der Waals surface area contributed by atoms with Crippen LogP contribution in [0.2, 0.25) is 0 Å². The molecule has 0 N–H and O–H groups in total. The van der Waals surface area contributed by atoms with E-state index in [1.54, 1.807) is 44.2 Å². The molecule has 28 heavy (non-hydrogen) atoms. The summed E-state index contributed by atoms with van der Waals surface area (Å²) in [7, 11) is 0. The van der Waals surface area contributed by atoms with Crippen molar-refractivity contribution in [1.29, 1.82) is 0 Å². The Morgan fingerprint density at radius 1 is 0.429 bits per heavy atom. The van der Waals surface area contributed by atoms with Crippen LogP contribution >= 0.6 is 0 Å². The van der Waals surface area contributed by atoms with Crippen molar-refractivity contribution in [1.82, 2.24) is 0 Å². The molecule has 2 aromatic rings. The summed E-state index contributed by atoms with van der Waals surface area (Å²) in [5.74, 6) is 0. The fourth-order valence-corrected chi connectivity index (χ4v) is 5.17. The summed E-state index contributed by atoms with van der Waals surface area (Å²) in [6.45, 7) is 14.1. The van der Waals surface area contributed by atoms with Gasteiger partial charge in [-0.2, -0.15) is 0 Å². The number of hydrogen-bond acceptors (Lipinski definition) is 0. The van der Waals surface area contributed by atoms with Crippen molar-refractivity contribution in [2.45, 2.75) is 119 Å². The highest BCUT2D eigenvalue weighted by Gasteiger charge is 2.20. The lowest BCUT2D eigenvalue weighted by Crippen LogP contribution is -2.10. The maximum absolute atomic E-state index is 2.50. The lowest BCUT2D eigenvalue weighted by atomic mass is 9.79.